The molecule has 2 aromatic rings. The van der Waals surface area contributed by atoms with Crippen molar-refractivity contribution >= 4 is 17.4 Å². The highest BCUT2D eigenvalue weighted by Gasteiger charge is 2.15. The molecule has 0 saturated heterocycles. The Hall–Kier alpha value is -2.57. The van der Waals surface area contributed by atoms with Crippen LogP contribution in [-0.2, 0) is 0 Å². The van der Waals surface area contributed by atoms with E-state index in [1.54, 1.807) is 16.8 Å². The summed E-state index contributed by atoms with van der Waals surface area (Å²) >= 11 is 0. The molecule has 0 radical (unpaired) electrons. The van der Waals surface area contributed by atoms with E-state index in [-0.39, 0.29) is 23.3 Å². The number of carbonyl (C=O) groups excluding carboxylic acids is 1. The van der Waals surface area contributed by atoms with Gasteiger partial charge in [0.1, 0.15) is 5.69 Å². The third-order valence-electron chi connectivity index (χ3n) is 2.58. The van der Waals surface area contributed by atoms with Crippen LogP contribution < -0.4 is 16.6 Å². The molecule has 0 aliphatic rings. The van der Waals surface area contributed by atoms with Gasteiger partial charge in [0.05, 0.1) is 5.69 Å². The van der Waals surface area contributed by atoms with Gasteiger partial charge < -0.3 is 15.6 Å². The van der Waals surface area contributed by atoms with Crippen LogP contribution in [-0.4, -0.2) is 20.7 Å². The van der Waals surface area contributed by atoms with Crippen molar-refractivity contribution in [3.05, 3.63) is 40.4 Å². The fourth-order valence-electron chi connectivity index (χ4n) is 1.70. The van der Waals surface area contributed by atoms with Crippen LogP contribution in [0.15, 0.2) is 29.2 Å². The summed E-state index contributed by atoms with van der Waals surface area (Å²) in [5.74, 6) is -0.0513. The maximum atomic E-state index is 12.1. The second kappa shape index (κ2) is 4.97. The van der Waals surface area contributed by atoms with Gasteiger partial charge in [0.25, 0.3) is 11.5 Å². The van der Waals surface area contributed by atoms with E-state index in [2.05, 4.69) is 15.5 Å². The van der Waals surface area contributed by atoms with Crippen LogP contribution in [0.4, 0.5) is 11.5 Å². The highest BCUT2D eigenvalue weighted by Crippen LogP contribution is 2.17. The Bertz CT molecular complexity index is 636. The Kier molecular flexibility index (Phi) is 3.37. The fraction of sp³-hybridized carbons (Fsp3) is 0.250. The molecule has 4 N–H and O–H groups in total. The van der Waals surface area contributed by atoms with E-state index in [1.165, 1.54) is 12.1 Å². The molecule has 0 fully saturated rings. The number of aromatic amines is 1. The predicted molar refractivity (Wildman–Crippen MR) is 72.0 cm³/mol. The topological polar surface area (TPSA) is 106 Å². The highest BCUT2D eigenvalue weighted by molar-refractivity contribution is 6.03. The lowest BCUT2D eigenvalue weighted by Gasteiger charge is -2.12. The molecule has 0 unspecified atom stereocenters. The molecule has 0 saturated carbocycles. The number of nitrogens with zero attached hydrogens (tertiary/aromatic N) is 2. The number of nitrogen functional groups attached to an aromatic ring is 1. The number of anilines is 2. The Morgan fingerprint density at radius 1 is 1.47 bits per heavy atom. The molecule has 0 aromatic carbocycles. The van der Waals surface area contributed by atoms with Gasteiger partial charge >= 0.3 is 0 Å². The van der Waals surface area contributed by atoms with Crippen molar-refractivity contribution in [3.8, 4) is 0 Å². The molecule has 0 spiro atoms. The first-order valence-electron chi connectivity index (χ1n) is 5.82. The van der Waals surface area contributed by atoms with Gasteiger partial charge in [0, 0.05) is 18.3 Å². The van der Waals surface area contributed by atoms with Crippen molar-refractivity contribution in [2.45, 2.75) is 19.9 Å². The number of aromatic nitrogens is 3. The normalized spacial score (nSPS) is 10.7. The van der Waals surface area contributed by atoms with E-state index in [1.807, 2.05) is 13.8 Å². The van der Waals surface area contributed by atoms with Gasteiger partial charge in [-0.2, -0.15) is 5.10 Å². The number of hydrogen-bond donors (Lipinski definition) is 3. The van der Waals surface area contributed by atoms with E-state index < -0.39 is 0 Å². The van der Waals surface area contributed by atoms with Crippen LogP contribution in [0, 0.1) is 0 Å². The molecule has 0 bridgehead atoms. The monoisotopic (exact) mass is 261 g/mol. The molecule has 1 amide bonds. The Morgan fingerprint density at radius 2 is 2.21 bits per heavy atom. The zero-order valence-electron chi connectivity index (χ0n) is 10.7. The summed E-state index contributed by atoms with van der Waals surface area (Å²) in [4.78, 5) is 23.0. The van der Waals surface area contributed by atoms with Crippen molar-refractivity contribution in [2.75, 3.05) is 11.1 Å². The molecule has 2 aromatic heterocycles. The number of nitrogens with two attached hydrogens (primary N) is 1. The quantitative estimate of drug-likeness (QED) is 0.765. The minimum atomic E-state index is -0.329. The average Bonchev–Trinajstić information content (AvgIpc) is 2.74. The number of carbonyl (C=O) groups is 1. The van der Waals surface area contributed by atoms with Crippen LogP contribution in [0.5, 0.6) is 0 Å². The van der Waals surface area contributed by atoms with Gasteiger partial charge in [0.15, 0.2) is 5.82 Å². The highest BCUT2D eigenvalue weighted by atomic mass is 16.2. The van der Waals surface area contributed by atoms with Gasteiger partial charge in [-0.05, 0) is 26.0 Å². The molecule has 0 aliphatic carbocycles. The van der Waals surface area contributed by atoms with Gasteiger partial charge in [-0.3, -0.25) is 9.59 Å². The summed E-state index contributed by atoms with van der Waals surface area (Å²) in [6, 6.07) is 4.43. The minimum absolute atomic E-state index is 0.113. The van der Waals surface area contributed by atoms with Gasteiger partial charge in [-0.25, -0.2) is 5.10 Å². The fourth-order valence-corrected chi connectivity index (χ4v) is 1.70. The molecular weight excluding hydrogens is 246 g/mol. The lowest BCUT2D eigenvalue weighted by Crippen LogP contribution is -2.19. The lowest BCUT2D eigenvalue weighted by molar-refractivity contribution is 0.101. The number of nitrogens with one attached hydrogen (secondary N) is 2. The summed E-state index contributed by atoms with van der Waals surface area (Å²) in [6.07, 6.45) is 1.71. The number of hydrogen-bond acceptors (Lipinski definition) is 4. The molecular formula is C12H15N5O2. The number of rotatable bonds is 3. The summed E-state index contributed by atoms with van der Waals surface area (Å²) < 4.78 is 1.77. The van der Waals surface area contributed by atoms with Crippen LogP contribution in [0.25, 0.3) is 0 Å². The number of amides is 1. The Labute approximate surface area is 109 Å². The number of H-pyrrole nitrogens is 1. The molecule has 7 nitrogen and oxygen atoms in total. The van der Waals surface area contributed by atoms with Crippen LogP contribution >= 0.6 is 0 Å². The Balaban J connectivity index is 2.25. The van der Waals surface area contributed by atoms with Crippen molar-refractivity contribution < 1.29 is 4.79 Å². The van der Waals surface area contributed by atoms with E-state index in [4.69, 9.17) is 5.73 Å². The van der Waals surface area contributed by atoms with Gasteiger partial charge in [-0.1, -0.05) is 0 Å². The maximum absolute atomic E-state index is 12.1. The molecule has 100 valence electrons. The van der Waals surface area contributed by atoms with E-state index in [0.29, 0.717) is 11.4 Å². The van der Waals surface area contributed by atoms with Crippen LogP contribution in [0.2, 0.25) is 0 Å². The summed E-state index contributed by atoms with van der Waals surface area (Å²) in [7, 11) is 0. The molecule has 19 heavy (non-hydrogen) atoms. The third-order valence-corrected chi connectivity index (χ3v) is 2.58. The zero-order valence-corrected chi connectivity index (χ0v) is 10.7. The van der Waals surface area contributed by atoms with Crippen molar-refractivity contribution in [1.82, 2.24) is 14.8 Å². The second-order valence-electron chi connectivity index (χ2n) is 4.42. The van der Waals surface area contributed by atoms with Gasteiger partial charge in [0.2, 0.25) is 0 Å². The van der Waals surface area contributed by atoms with Crippen LogP contribution in [0.3, 0.4) is 0 Å². The smallest absolute Gasteiger partial charge is 0.273 e. The Morgan fingerprint density at radius 3 is 2.79 bits per heavy atom. The molecule has 0 aliphatic heterocycles. The zero-order chi connectivity index (χ0) is 14.0. The van der Waals surface area contributed by atoms with Crippen molar-refractivity contribution in [3.63, 3.8) is 0 Å². The summed E-state index contributed by atoms with van der Waals surface area (Å²) in [5, 5.41) is 8.56. The SMILES string of the molecule is CC(C)n1cc(N)cc1C(=O)Nc1ccc(=O)[nH]n1. The van der Waals surface area contributed by atoms with E-state index in [0.717, 1.165) is 0 Å². The molecule has 0 atom stereocenters. The molecule has 2 heterocycles. The standard InChI is InChI=1S/C12H15N5O2/c1-7(2)17-6-8(13)5-9(17)12(19)14-10-3-4-11(18)16-15-10/h3-7H,13H2,1-2H3,(H,16,18)(H,14,15,19). The largest absolute Gasteiger partial charge is 0.397 e. The first-order valence-corrected chi connectivity index (χ1v) is 5.82. The first kappa shape index (κ1) is 12.9. The first-order chi connectivity index (χ1) is 8.97. The molecule has 7 heteroatoms. The van der Waals surface area contributed by atoms with E-state index >= 15 is 0 Å². The van der Waals surface area contributed by atoms with E-state index in [9.17, 15) is 9.59 Å². The van der Waals surface area contributed by atoms with Crippen molar-refractivity contribution in [2.24, 2.45) is 0 Å². The minimum Gasteiger partial charge on any atom is -0.397 e. The van der Waals surface area contributed by atoms with Crippen LogP contribution in [0.1, 0.15) is 30.4 Å². The summed E-state index contributed by atoms with van der Waals surface area (Å²) in [6.45, 7) is 3.91. The maximum Gasteiger partial charge on any atom is 0.273 e. The lowest BCUT2D eigenvalue weighted by atomic mass is 10.3. The predicted octanol–water partition coefficient (Wildman–Crippen LogP) is 0.987. The summed E-state index contributed by atoms with van der Waals surface area (Å²) in [5.41, 5.74) is 6.34. The second-order valence-corrected chi connectivity index (χ2v) is 4.42. The third kappa shape index (κ3) is 2.82. The molecule has 2 rings (SSSR count). The average molecular weight is 261 g/mol. The van der Waals surface area contributed by atoms with Crippen molar-refractivity contribution in [1.29, 1.82) is 0 Å². The van der Waals surface area contributed by atoms with Gasteiger partial charge in [-0.15, -0.1) is 0 Å².